The Balaban J connectivity index is 2.32. The molecule has 0 bridgehead atoms. The highest BCUT2D eigenvalue weighted by atomic mass is 32.2. The SMILES string of the molecule is NCC1CCCCC1NS(=O)(=O)c1cc(C(F)(F)F)ccc1F. The lowest BCUT2D eigenvalue weighted by Crippen LogP contribution is -2.44. The molecule has 0 spiro atoms. The second-order valence-electron chi connectivity index (χ2n) is 5.65. The van der Waals surface area contributed by atoms with Crippen LogP contribution in [0.25, 0.3) is 0 Å². The number of hydrogen-bond donors (Lipinski definition) is 2. The first kappa shape index (κ1) is 18.2. The van der Waals surface area contributed by atoms with Crippen molar-refractivity contribution in [2.45, 2.75) is 42.8 Å². The Kier molecular flexibility index (Phi) is 5.32. The van der Waals surface area contributed by atoms with Crippen molar-refractivity contribution in [2.75, 3.05) is 6.54 Å². The van der Waals surface area contributed by atoms with E-state index in [1.807, 2.05) is 0 Å². The minimum atomic E-state index is -4.75. The van der Waals surface area contributed by atoms with Crippen LogP contribution in [0.4, 0.5) is 17.6 Å². The van der Waals surface area contributed by atoms with Gasteiger partial charge in [-0.3, -0.25) is 0 Å². The van der Waals surface area contributed by atoms with Crippen LogP contribution in [0.15, 0.2) is 23.1 Å². The molecular formula is C14H18F4N2O2S. The van der Waals surface area contributed by atoms with E-state index in [-0.39, 0.29) is 12.5 Å². The van der Waals surface area contributed by atoms with E-state index in [0.717, 1.165) is 19.3 Å². The molecule has 2 unspecified atom stereocenters. The summed E-state index contributed by atoms with van der Waals surface area (Å²) in [6.07, 6.45) is -1.79. The average Bonchev–Trinajstić information content (AvgIpc) is 2.46. The summed E-state index contributed by atoms with van der Waals surface area (Å²) in [4.78, 5) is -0.992. The molecule has 1 saturated carbocycles. The van der Waals surface area contributed by atoms with Gasteiger partial charge in [0, 0.05) is 6.04 Å². The third-order valence-electron chi connectivity index (χ3n) is 4.07. The lowest BCUT2D eigenvalue weighted by atomic mass is 9.85. The second kappa shape index (κ2) is 6.74. The van der Waals surface area contributed by atoms with Gasteiger partial charge in [-0.25, -0.2) is 17.5 Å². The molecular weight excluding hydrogens is 336 g/mol. The number of hydrogen-bond acceptors (Lipinski definition) is 3. The molecule has 2 atom stereocenters. The van der Waals surface area contributed by atoms with Gasteiger partial charge in [0.1, 0.15) is 10.7 Å². The average molecular weight is 354 g/mol. The smallest absolute Gasteiger partial charge is 0.330 e. The van der Waals surface area contributed by atoms with Gasteiger partial charge in [-0.1, -0.05) is 12.8 Å². The summed E-state index contributed by atoms with van der Waals surface area (Å²) in [5.74, 6) is -1.32. The van der Waals surface area contributed by atoms with Gasteiger partial charge in [-0.15, -0.1) is 0 Å². The highest BCUT2D eigenvalue weighted by Crippen LogP contribution is 2.32. The van der Waals surface area contributed by atoms with Crippen molar-refractivity contribution >= 4 is 10.0 Å². The molecule has 0 saturated heterocycles. The van der Waals surface area contributed by atoms with Crippen molar-refractivity contribution in [3.63, 3.8) is 0 Å². The van der Waals surface area contributed by atoms with Crippen LogP contribution >= 0.6 is 0 Å². The van der Waals surface area contributed by atoms with E-state index in [2.05, 4.69) is 4.72 Å². The van der Waals surface area contributed by atoms with E-state index in [9.17, 15) is 26.0 Å². The van der Waals surface area contributed by atoms with Gasteiger partial charge in [-0.05, 0) is 43.5 Å². The summed E-state index contributed by atoms with van der Waals surface area (Å²) in [6, 6.07) is 0.849. The van der Waals surface area contributed by atoms with Crippen molar-refractivity contribution in [3.8, 4) is 0 Å². The van der Waals surface area contributed by atoms with Crippen molar-refractivity contribution in [3.05, 3.63) is 29.6 Å². The molecule has 0 amide bonds. The zero-order valence-corrected chi connectivity index (χ0v) is 13.1. The normalized spacial score (nSPS) is 23.0. The molecule has 1 aliphatic carbocycles. The molecule has 1 fully saturated rings. The minimum Gasteiger partial charge on any atom is -0.330 e. The standard InChI is InChI=1S/C14H18F4N2O2S/c15-11-6-5-10(14(16,17)18)7-13(11)23(21,22)20-12-4-2-1-3-9(12)8-19/h5-7,9,12,20H,1-4,8,19H2. The van der Waals surface area contributed by atoms with Gasteiger partial charge in [0.05, 0.1) is 5.56 Å². The van der Waals surface area contributed by atoms with E-state index in [4.69, 9.17) is 5.73 Å². The number of sulfonamides is 1. The number of benzene rings is 1. The first-order valence-electron chi connectivity index (χ1n) is 7.24. The molecule has 2 rings (SSSR count). The van der Waals surface area contributed by atoms with Crippen molar-refractivity contribution in [2.24, 2.45) is 11.7 Å². The first-order chi connectivity index (χ1) is 10.6. The Hall–Kier alpha value is -1.19. The molecule has 4 nitrogen and oxygen atoms in total. The van der Waals surface area contributed by atoms with Gasteiger partial charge >= 0.3 is 6.18 Å². The number of rotatable bonds is 4. The van der Waals surface area contributed by atoms with Crippen LogP contribution in [-0.2, 0) is 16.2 Å². The van der Waals surface area contributed by atoms with E-state index >= 15 is 0 Å². The lowest BCUT2D eigenvalue weighted by Gasteiger charge is -2.31. The van der Waals surface area contributed by atoms with Crippen LogP contribution in [0.1, 0.15) is 31.2 Å². The lowest BCUT2D eigenvalue weighted by molar-refractivity contribution is -0.137. The van der Waals surface area contributed by atoms with Crippen molar-refractivity contribution in [1.29, 1.82) is 0 Å². The Morgan fingerprint density at radius 3 is 2.48 bits per heavy atom. The van der Waals surface area contributed by atoms with E-state index in [0.29, 0.717) is 24.6 Å². The van der Waals surface area contributed by atoms with Crippen LogP contribution in [0.2, 0.25) is 0 Å². The van der Waals surface area contributed by atoms with Gasteiger partial charge in [0.15, 0.2) is 0 Å². The maximum atomic E-state index is 13.8. The zero-order chi connectivity index (χ0) is 17.3. The van der Waals surface area contributed by atoms with Gasteiger partial charge in [0.25, 0.3) is 0 Å². The molecule has 0 heterocycles. The molecule has 1 aromatic rings. The fraction of sp³-hybridized carbons (Fsp3) is 0.571. The number of nitrogens with two attached hydrogens (primary N) is 1. The maximum Gasteiger partial charge on any atom is 0.416 e. The summed E-state index contributed by atoms with van der Waals surface area (Å²) < 4.78 is 78.8. The molecule has 9 heteroatoms. The van der Waals surface area contributed by atoms with Crippen molar-refractivity contribution in [1.82, 2.24) is 4.72 Å². The largest absolute Gasteiger partial charge is 0.416 e. The summed E-state index contributed by atoms with van der Waals surface area (Å²) in [7, 11) is -4.40. The Bertz CT molecular complexity index is 661. The van der Waals surface area contributed by atoms with Crippen LogP contribution < -0.4 is 10.5 Å². The molecule has 130 valence electrons. The molecule has 1 aromatic carbocycles. The molecule has 3 N–H and O–H groups in total. The van der Waals surface area contributed by atoms with Gasteiger partial charge in [0.2, 0.25) is 10.0 Å². The summed E-state index contributed by atoms with van der Waals surface area (Å²) >= 11 is 0. The monoisotopic (exact) mass is 354 g/mol. The highest BCUT2D eigenvalue weighted by molar-refractivity contribution is 7.89. The maximum absolute atomic E-state index is 13.8. The predicted molar refractivity (Wildman–Crippen MR) is 76.5 cm³/mol. The Morgan fingerprint density at radius 1 is 1.22 bits per heavy atom. The number of halogens is 4. The van der Waals surface area contributed by atoms with Crippen LogP contribution in [0, 0.1) is 11.7 Å². The summed E-state index contributed by atoms with van der Waals surface area (Å²) in [5, 5.41) is 0. The molecule has 0 aromatic heterocycles. The van der Waals surface area contributed by atoms with Gasteiger partial charge < -0.3 is 5.73 Å². The zero-order valence-electron chi connectivity index (χ0n) is 12.2. The van der Waals surface area contributed by atoms with E-state index in [1.165, 1.54) is 0 Å². The summed E-state index contributed by atoms with van der Waals surface area (Å²) in [6.45, 7) is 0.262. The molecule has 1 aliphatic rings. The Morgan fingerprint density at radius 2 is 1.87 bits per heavy atom. The van der Waals surface area contributed by atoms with Gasteiger partial charge in [-0.2, -0.15) is 13.2 Å². The topological polar surface area (TPSA) is 72.2 Å². The second-order valence-corrected chi connectivity index (χ2v) is 7.33. The Labute approximate surface area is 132 Å². The van der Waals surface area contributed by atoms with Crippen LogP contribution in [0.3, 0.4) is 0 Å². The third kappa shape index (κ3) is 4.21. The number of nitrogens with one attached hydrogen (secondary N) is 1. The number of alkyl halides is 3. The summed E-state index contributed by atoms with van der Waals surface area (Å²) in [5.41, 5.74) is 4.39. The molecule has 0 radical (unpaired) electrons. The highest BCUT2D eigenvalue weighted by Gasteiger charge is 2.34. The first-order valence-corrected chi connectivity index (χ1v) is 8.72. The van der Waals surface area contributed by atoms with E-state index in [1.54, 1.807) is 0 Å². The van der Waals surface area contributed by atoms with Crippen LogP contribution in [-0.4, -0.2) is 21.0 Å². The fourth-order valence-electron chi connectivity index (χ4n) is 2.79. The van der Waals surface area contributed by atoms with Crippen LogP contribution in [0.5, 0.6) is 0 Å². The minimum absolute atomic E-state index is 0.104. The van der Waals surface area contributed by atoms with E-state index < -0.39 is 38.5 Å². The third-order valence-corrected chi connectivity index (χ3v) is 5.57. The predicted octanol–water partition coefficient (Wildman–Crippen LogP) is 2.64. The molecule has 0 aliphatic heterocycles. The fourth-order valence-corrected chi connectivity index (χ4v) is 4.24. The molecule has 23 heavy (non-hydrogen) atoms. The quantitative estimate of drug-likeness (QED) is 0.817. The van der Waals surface area contributed by atoms with Crippen molar-refractivity contribution < 1.29 is 26.0 Å².